The number of hydrogen-bond donors (Lipinski definition) is 1. The Morgan fingerprint density at radius 2 is 2.06 bits per heavy atom. The third-order valence-corrected chi connectivity index (χ3v) is 3.01. The Morgan fingerprint density at radius 1 is 1.47 bits per heavy atom. The van der Waals surface area contributed by atoms with E-state index in [9.17, 15) is 14.4 Å². The zero-order chi connectivity index (χ0) is 13.2. The van der Waals surface area contributed by atoms with Crippen molar-refractivity contribution in [1.82, 2.24) is 10.2 Å². The Kier molecular flexibility index (Phi) is 3.87. The van der Waals surface area contributed by atoms with Crippen LogP contribution in [0.1, 0.15) is 26.7 Å². The molecule has 0 spiro atoms. The second-order valence-corrected chi connectivity index (χ2v) is 4.57. The van der Waals surface area contributed by atoms with Gasteiger partial charge in [-0.3, -0.25) is 19.3 Å². The number of rotatable bonds is 3. The van der Waals surface area contributed by atoms with Gasteiger partial charge in [-0.1, -0.05) is 0 Å². The summed E-state index contributed by atoms with van der Waals surface area (Å²) in [7, 11) is 2.85. The summed E-state index contributed by atoms with van der Waals surface area (Å²) < 4.78 is 5.02. The Morgan fingerprint density at radius 3 is 2.59 bits per heavy atom. The number of carbonyl (C=O) groups is 3. The van der Waals surface area contributed by atoms with Crippen LogP contribution in [0.25, 0.3) is 0 Å². The van der Waals surface area contributed by atoms with Crippen LogP contribution in [0.15, 0.2) is 0 Å². The maximum atomic E-state index is 11.8. The lowest BCUT2D eigenvalue weighted by molar-refractivity contribution is -0.152. The Bertz CT molecular complexity index is 351. The number of likely N-dealkylation sites (N-methyl/N-ethyl adjacent to an activating group) is 1. The zero-order valence-electron chi connectivity index (χ0n) is 10.6. The predicted molar refractivity (Wildman–Crippen MR) is 60.0 cm³/mol. The minimum absolute atomic E-state index is 0.216. The van der Waals surface area contributed by atoms with Crippen molar-refractivity contribution in [3.63, 3.8) is 0 Å². The summed E-state index contributed by atoms with van der Waals surface area (Å²) in [5.74, 6) is -0.950. The lowest BCUT2D eigenvalue weighted by Gasteiger charge is -2.30. The molecule has 0 aliphatic carbocycles. The van der Waals surface area contributed by atoms with Crippen LogP contribution in [0.3, 0.4) is 0 Å². The van der Waals surface area contributed by atoms with Crippen molar-refractivity contribution < 1.29 is 19.1 Å². The molecule has 0 saturated carbocycles. The average Bonchev–Trinajstić information content (AvgIpc) is 2.29. The first-order valence-corrected chi connectivity index (χ1v) is 5.46. The van der Waals surface area contributed by atoms with Crippen LogP contribution in [-0.2, 0) is 19.1 Å². The highest BCUT2D eigenvalue weighted by molar-refractivity contribution is 6.02. The molecule has 96 valence electrons. The van der Waals surface area contributed by atoms with Crippen molar-refractivity contribution in [2.45, 2.75) is 38.3 Å². The minimum atomic E-state index is -0.986. The fourth-order valence-corrected chi connectivity index (χ4v) is 1.47. The first kappa shape index (κ1) is 13.6. The smallest absolute Gasteiger partial charge is 0.252 e. The van der Waals surface area contributed by atoms with E-state index >= 15 is 0 Å². The van der Waals surface area contributed by atoms with Crippen LogP contribution < -0.4 is 5.32 Å². The number of carbonyl (C=O) groups excluding carboxylic acids is 3. The van der Waals surface area contributed by atoms with Gasteiger partial charge in [0.05, 0.1) is 0 Å². The number of likely N-dealkylation sites (tertiary alicyclic amines) is 1. The molecular formula is C11H18N2O4. The maximum absolute atomic E-state index is 11.8. The normalized spacial score (nSPS) is 21.6. The van der Waals surface area contributed by atoms with Crippen LogP contribution >= 0.6 is 0 Å². The van der Waals surface area contributed by atoms with E-state index in [0.29, 0.717) is 6.42 Å². The Hall–Kier alpha value is -1.43. The van der Waals surface area contributed by atoms with Gasteiger partial charge in [0, 0.05) is 20.6 Å². The molecule has 0 aromatic carbocycles. The van der Waals surface area contributed by atoms with Gasteiger partial charge in [-0.05, 0) is 20.3 Å². The lowest BCUT2D eigenvalue weighted by Crippen LogP contribution is -2.56. The third kappa shape index (κ3) is 2.82. The molecule has 1 atom stereocenters. The van der Waals surface area contributed by atoms with Crippen molar-refractivity contribution in [1.29, 1.82) is 0 Å². The average molecular weight is 242 g/mol. The summed E-state index contributed by atoms with van der Waals surface area (Å²) in [6.07, 6.45) is 0.605. The second-order valence-electron chi connectivity index (χ2n) is 4.57. The number of amides is 3. The molecule has 1 aliphatic heterocycles. The molecule has 3 amide bonds. The molecule has 1 fully saturated rings. The van der Waals surface area contributed by atoms with E-state index in [1.54, 1.807) is 13.8 Å². The number of nitrogens with zero attached hydrogens (tertiary/aromatic N) is 1. The molecule has 0 bridgehead atoms. The molecule has 0 aromatic heterocycles. The molecule has 6 heteroatoms. The monoisotopic (exact) mass is 242 g/mol. The standard InChI is InChI=1S/C11H18N2O4/c1-11(2,17-4)10(16)12-7-5-6-8(14)13(3)9(7)15/h7H,5-6H2,1-4H3,(H,12,16). The van der Waals surface area contributed by atoms with Gasteiger partial charge in [-0.25, -0.2) is 0 Å². The minimum Gasteiger partial charge on any atom is -0.369 e. The number of ether oxygens (including phenoxy) is 1. The van der Waals surface area contributed by atoms with E-state index in [4.69, 9.17) is 4.74 Å². The van der Waals surface area contributed by atoms with Crippen molar-refractivity contribution in [2.75, 3.05) is 14.2 Å². The number of nitrogens with one attached hydrogen (secondary N) is 1. The third-order valence-electron chi connectivity index (χ3n) is 3.01. The highest BCUT2D eigenvalue weighted by Crippen LogP contribution is 2.14. The summed E-state index contributed by atoms with van der Waals surface area (Å²) in [5.41, 5.74) is -0.986. The molecule has 1 heterocycles. The predicted octanol–water partition coefficient (Wildman–Crippen LogP) is -0.325. The van der Waals surface area contributed by atoms with Gasteiger partial charge in [0.2, 0.25) is 5.91 Å². The molecule has 6 nitrogen and oxygen atoms in total. The highest BCUT2D eigenvalue weighted by atomic mass is 16.5. The Balaban J connectivity index is 2.67. The largest absolute Gasteiger partial charge is 0.369 e. The molecular weight excluding hydrogens is 224 g/mol. The molecule has 0 radical (unpaired) electrons. The van der Waals surface area contributed by atoms with Gasteiger partial charge >= 0.3 is 0 Å². The van der Waals surface area contributed by atoms with Crippen LogP contribution in [-0.4, -0.2) is 48.4 Å². The van der Waals surface area contributed by atoms with Crippen molar-refractivity contribution in [2.24, 2.45) is 0 Å². The van der Waals surface area contributed by atoms with E-state index in [1.165, 1.54) is 14.2 Å². The van der Waals surface area contributed by atoms with E-state index in [2.05, 4.69) is 5.32 Å². The lowest BCUT2D eigenvalue weighted by atomic mass is 10.0. The summed E-state index contributed by atoms with van der Waals surface area (Å²) >= 11 is 0. The van der Waals surface area contributed by atoms with Gasteiger partial charge in [0.15, 0.2) is 0 Å². The maximum Gasteiger partial charge on any atom is 0.252 e. The van der Waals surface area contributed by atoms with Gasteiger partial charge in [0.25, 0.3) is 11.8 Å². The summed E-state index contributed by atoms with van der Waals surface area (Å²) in [4.78, 5) is 35.8. The van der Waals surface area contributed by atoms with Crippen LogP contribution in [0.4, 0.5) is 0 Å². The molecule has 0 aromatic rings. The van der Waals surface area contributed by atoms with E-state index in [1.807, 2.05) is 0 Å². The first-order chi connectivity index (χ1) is 7.79. The van der Waals surface area contributed by atoms with Gasteiger partial charge < -0.3 is 10.1 Å². The topological polar surface area (TPSA) is 75.7 Å². The van der Waals surface area contributed by atoms with Gasteiger partial charge in [0.1, 0.15) is 11.6 Å². The van der Waals surface area contributed by atoms with Gasteiger partial charge in [-0.2, -0.15) is 0 Å². The zero-order valence-corrected chi connectivity index (χ0v) is 10.6. The Labute approximate surface area is 100 Å². The summed E-state index contributed by atoms with van der Waals surface area (Å²) in [5, 5.41) is 2.60. The van der Waals surface area contributed by atoms with Crippen molar-refractivity contribution >= 4 is 17.7 Å². The molecule has 1 saturated heterocycles. The van der Waals surface area contributed by atoms with Crippen LogP contribution in [0.2, 0.25) is 0 Å². The fraction of sp³-hybridized carbons (Fsp3) is 0.727. The van der Waals surface area contributed by atoms with Crippen LogP contribution in [0.5, 0.6) is 0 Å². The van der Waals surface area contributed by atoms with E-state index < -0.39 is 11.6 Å². The number of piperidine rings is 1. The molecule has 1 aliphatic rings. The SMILES string of the molecule is COC(C)(C)C(=O)NC1CCC(=O)N(C)C1=O. The van der Waals surface area contributed by atoms with Crippen molar-refractivity contribution in [3.05, 3.63) is 0 Å². The van der Waals surface area contributed by atoms with Crippen LogP contribution in [0, 0.1) is 0 Å². The molecule has 17 heavy (non-hydrogen) atoms. The summed E-state index contributed by atoms with van der Waals surface area (Å²) in [6.45, 7) is 3.23. The second kappa shape index (κ2) is 4.83. The van der Waals surface area contributed by atoms with Gasteiger partial charge in [-0.15, -0.1) is 0 Å². The number of imide groups is 1. The highest BCUT2D eigenvalue weighted by Gasteiger charge is 2.36. The van der Waals surface area contributed by atoms with Crippen molar-refractivity contribution in [3.8, 4) is 0 Å². The first-order valence-electron chi connectivity index (χ1n) is 5.46. The van der Waals surface area contributed by atoms with E-state index in [-0.39, 0.29) is 24.1 Å². The summed E-state index contributed by atoms with van der Waals surface area (Å²) in [6, 6.07) is -0.639. The number of methoxy groups -OCH3 is 1. The van der Waals surface area contributed by atoms with E-state index in [0.717, 1.165) is 4.90 Å². The molecule has 1 rings (SSSR count). The number of hydrogen-bond acceptors (Lipinski definition) is 4. The quantitative estimate of drug-likeness (QED) is 0.688. The molecule has 1 unspecified atom stereocenters. The fourth-order valence-electron chi connectivity index (χ4n) is 1.47. The molecule has 1 N–H and O–H groups in total.